The zero-order chi connectivity index (χ0) is 7.84. The van der Waals surface area contributed by atoms with E-state index >= 15 is 0 Å². The maximum Gasteiger partial charge on any atom is 0.0130 e. The fourth-order valence-electron chi connectivity index (χ4n) is 2.42. The van der Waals surface area contributed by atoms with Crippen LogP contribution in [0.5, 0.6) is 0 Å². The molecule has 3 rings (SSSR count). The number of fused-ring (bicyclic) bond motifs is 3. The second-order valence-electron chi connectivity index (χ2n) is 3.96. The van der Waals surface area contributed by atoms with Crippen LogP contribution in [-0.4, -0.2) is 24.0 Å². The molecule has 0 saturated carbocycles. The molecule has 1 fully saturated rings. The van der Waals surface area contributed by atoms with Crippen molar-refractivity contribution in [3.8, 4) is 0 Å². The Labute approximate surface area is 69.1 Å². The lowest BCUT2D eigenvalue weighted by atomic mass is 9.89. The second kappa shape index (κ2) is 2.63. The molecular formula is C10H17N. The Balaban J connectivity index is 2.22. The molecule has 3 atom stereocenters. The molecular weight excluding hydrogens is 134 g/mol. The van der Waals surface area contributed by atoms with Crippen LogP contribution in [0.15, 0.2) is 12.2 Å². The molecule has 0 amide bonds. The van der Waals surface area contributed by atoms with Gasteiger partial charge in [0.15, 0.2) is 0 Å². The number of nitrogens with zero attached hydrogens (tertiary/aromatic N) is 1. The van der Waals surface area contributed by atoms with Gasteiger partial charge in [-0.15, -0.1) is 0 Å². The Kier molecular flexibility index (Phi) is 1.76. The van der Waals surface area contributed by atoms with Crippen LogP contribution in [-0.2, 0) is 0 Å². The Hall–Kier alpha value is -0.300. The van der Waals surface area contributed by atoms with Crippen LogP contribution in [0, 0.1) is 5.92 Å². The molecule has 2 aliphatic heterocycles. The summed E-state index contributed by atoms with van der Waals surface area (Å²) in [7, 11) is 2.27. The molecule has 62 valence electrons. The van der Waals surface area contributed by atoms with E-state index in [0.29, 0.717) is 0 Å². The zero-order valence-electron chi connectivity index (χ0n) is 7.46. The first kappa shape index (κ1) is 7.35. The van der Waals surface area contributed by atoms with Crippen LogP contribution >= 0.6 is 0 Å². The van der Waals surface area contributed by atoms with Gasteiger partial charge in [0.05, 0.1) is 0 Å². The number of hydrogen-bond donors (Lipinski definition) is 0. The maximum absolute atomic E-state index is 2.55. The smallest absolute Gasteiger partial charge is 0.0130 e. The highest BCUT2D eigenvalue weighted by atomic mass is 15.2. The molecule has 0 radical (unpaired) electrons. The Morgan fingerprint density at radius 2 is 2.18 bits per heavy atom. The molecule has 11 heavy (non-hydrogen) atoms. The molecule has 3 aliphatic rings. The Morgan fingerprint density at radius 1 is 1.36 bits per heavy atom. The third kappa shape index (κ3) is 1.12. The van der Waals surface area contributed by atoms with Gasteiger partial charge in [0.25, 0.3) is 0 Å². The van der Waals surface area contributed by atoms with Crippen LogP contribution in [0.2, 0.25) is 0 Å². The molecule has 0 aromatic carbocycles. The van der Waals surface area contributed by atoms with Gasteiger partial charge in [-0.25, -0.2) is 0 Å². The summed E-state index contributed by atoms with van der Waals surface area (Å²) < 4.78 is 0. The van der Waals surface area contributed by atoms with Gasteiger partial charge < -0.3 is 0 Å². The first-order valence-electron chi connectivity index (χ1n) is 4.67. The van der Waals surface area contributed by atoms with E-state index in [4.69, 9.17) is 0 Å². The number of piperidine rings is 1. The average molecular weight is 151 g/mol. The summed E-state index contributed by atoms with van der Waals surface area (Å²) in [5.41, 5.74) is 0. The SMILES string of the molecule is CC1C2C=CC[C@H](CC2)N1C. The van der Waals surface area contributed by atoms with Crippen molar-refractivity contribution < 1.29 is 0 Å². The lowest BCUT2D eigenvalue weighted by Gasteiger charge is -2.39. The van der Waals surface area contributed by atoms with Crippen molar-refractivity contribution in [1.29, 1.82) is 0 Å². The van der Waals surface area contributed by atoms with Crippen molar-refractivity contribution in [2.75, 3.05) is 7.05 Å². The maximum atomic E-state index is 2.55. The van der Waals surface area contributed by atoms with E-state index < -0.39 is 0 Å². The van der Waals surface area contributed by atoms with Crippen LogP contribution in [0.1, 0.15) is 26.2 Å². The molecule has 1 nitrogen and oxygen atoms in total. The van der Waals surface area contributed by atoms with Crippen LogP contribution in [0.3, 0.4) is 0 Å². The topological polar surface area (TPSA) is 3.24 Å². The highest BCUT2D eigenvalue weighted by Crippen LogP contribution is 2.32. The molecule has 2 bridgehead atoms. The lowest BCUT2D eigenvalue weighted by molar-refractivity contribution is 0.103. The van der Waals surface area contributed by atoms with Crippen LogP contribution in [0.25, 0.3) is 0 Å². The second-order valence-corrected chi connectivity index (χ2v) is 3.96. The van der Waals surface area contributed by atoms with Gasteiger partial charge in [0.2, 0.25) is 0 Å². The third-order valence-electron chi connectivity index (χ3n) is 3.46. The van der Waals surface area contributed by atoms with Crippen molar-refractivity contribution in [2.45, 2.75) is 38.3 Å². The first-order chi connectivity index (χ1) is 5.29. The first-order valence-corrected chi connectivity index (χ1v) is 4.67. The summed E-state index contributed by atoms with van der Waals surface area (Å²) in [4.78, 5) is 2.55. The minimum atomic E-state index is 0.771. The summed E-state index contributed by atoms with van der Waals surface area (Å²) in [6, 6.07) is 1.60. The molecule has 1 heteroatoms. The summed E-state index contributed by atoms with van der Waals surface area (Å²) in [6.07, 6.45) is 8.89. The van der Waals surface area contributed by atoms with Gasteiger partial charge in [-0.3, -0.25) is 4.90 Å². The molecule has 0 spiro atoms. The van der Waals surface area contributed by atoms with E-state index in [1.165, 1.54) is 19.3 Å². The van der Waals surface area contributed by atoms with Crippen LogP contribution < -0.4 is 0 Å². The van der Waals surface area contributed by atoms with Gasteiger partial charge >= 0.3 is 0 Å². The molecule has 1 aliphatic carbocycles. The Bertz CT molecular complexity index is 172. The van der Waals surface area contributed by atoms with Gasteiger partial charge in [-0.1, -0.05) is 12.2 Å². The minimum Gasteiger partial charge on any atom is -0.300 e. The zero-order valence-corrected chi connectivity index (χ0v) is 7.46. The minimum absolute atomic E-state index is 0.771. The van der Waals surface area contributed by atoms with E-state index in [9.17, 15) is 0 Å². The highest BCUT2D eigenvalue weighted by Gasteiger charge is 2.31. The molecule has 1 saturated heterocycles. The fourth-order valence-corrected chi connectivity index (χ4v) is 2.42. The summed E-state index contributed by atoms with van der Waals surface area (Å²) in [5.74, 6) is 0.832. The van der Waals surface area contributed by atoms with E-state index in [0.717, 1.165) is 18.0 Å². The van der Waals surface area contributed by atoms with E-state index in [-0.39, 0.29) is 0 Å². The van der Waals surface area contributed by atoms with Gasteiger partial charge in [-0.2, -0.15) is 0 Å². The van der Waals surface area contributed by atoms with Gasteiger partial charge in [-0.05, 0) is 39.2 Å². The van der Waals surface area contributed by atoms with Gasteiger partial charge in [0, 0.05) is 12.1 Å². The Morgan fingerprint density at radius 3 is 3.00 bits per heavy atom. The fraction of sp³-hybridized carbons (Fsp3) is 0.800. The monoisotopic (exact) mass is 151 g/mol. The van der Waals surface area contributed by atoms with Crippen LogP contribution in [0.4, 0.5) is 0 Å². The summed E-state index contributed by atoms with van der Waals surface area (Å²) >= 11 is 0. The summed E-state index contributed by atoms with van der Waals surface area (Å²) in [6.45, 7) is 2.35. The van der Waals surface area contributed by atoms with E-state index in [2.05, 4.69) is 31.0 Å². The van der Waals surface area contributed by atoms with Gasteiger partial charge in [0.1, 0.15) is 0 Å². The lowest BCUT2D eigenvalue weighted by Crippen LogP contribution is -2.45. The standard InChI is InChI=1S/C10H17N/c1-8-9-4-3-5-10(7-6-9)11(8)2/h3-4,8-10H,5-7H2,1-2H3/t8?,9?,10-/m1/s1. The molecule has 0 N–H and O–H groups in total. The quantitative estimate of drug-likeness (QED) is 0.479. The van der Waals surface area contributed by atoms with Crippen molar-refractivity contribution in [2.24, 2.45) is 5.92 Å². The van der Waals surface area contributed by atoms with Crippen molar-refractivity contribution in [1.82, 2.24) is 4.90 Å². The molecule has 0 aromatic heterocycles. The molecule has 0 aromatic rings. The van der Waals surface area contributed by atoms with Crippen molar-refractivity contribution >= 4 is 0 Å². The molecule has 2 heterocycles. The van der Waals surface area contributed by atoms with Crippen molar-refractivity contribution in [3.63, 3.8) is 0 Å². The summed E-state index contributed by atoms with van der Waals surface area (Å²) in [5, 5.41) is 0. The van der Waals surface area contributed by atoms with E-state index in [1.54, 1.807) is 0 Å². The predicted octanol–water partition coefficient (Wildman–Crippen LogP) is 2.05. The highest BCUT2D eigenvalue weighted by molar-refractivity contribution is 5.04. The normalized spacial score (nSPS) is 44.4. The largest absolute Gasteiger partial charge is 0.300 e. The average Bonchev–Trinajstić information content (AvgIpc) is 2.30. The number of rotatable bonds is 0. The third-order valence-corrected chi connectivity index (χ3v) is 3.46. The molecule has 2 unspecified atom stereocenters. The van der Waals surface area contributed by atoms with Crippen molar-refractivity contribution in [3.05, 3.63) is 12.2 Å². The number of hydrogen-bond acceptors (Lipinski definition) is 1. The predicted molar refractivity (Wildman–Crippen MR) is 47.5 cm³/mol. The van der Waals surface area contributed by atoms with E-state index in [1.807, 2.05) is 0 Å².